The van der Waals surface area contributed by atoms with Gasteiger partial charge < -0.3 is 10.0 Å². The lowest BCUT2D eigenvalue weighted by atomic mass is 9.98. The fourth-order valence-corrected chi connectivity index (χ4v) is 5.77. The summed E-state index contributed by atoms with van der Waals surface area (Å²) in [6, 6.07) is 13.0. The van der Waals surface area contributed by atoms with Crippen LogP contribution in [0.5, 0.6) is 5.88 Å². The second kappa shape index (κ2) is 5.94. The molecule has 0 saturated carbocycles. The zero-order valence-corrected chi connectivity index (χ0v) is 15.1. The number of aromatic nitrogens is 3. The molecule has 0 radical (unpaired) electrons. The summed E-state index contributed by atoms with van der Waals surface area (Å²) in [5.74, 6) is 0.224. The van der Waals surface area contributed by atoms with Gasteiger partial charge in [0.25, 0.3) is 0 Å². The molecule has 25 heavy (non-hydrogen) atoms. The molecule has 2 N–H and O–H groups in total. The van der Waals surface area contributed by atoms with Gasteiger partial charge in [-0.1, -0.05) is 41.7 Å². The predicted octanol–water partition coefficient (Wildman–Crippen LogP) is 2.29. The number of thiazole rings is 1. The minimum absolute atomic E-state index is 0.113. The van der Waals surface area contributed by atoms with E-state index in [9.17, 15) is 5.11 Å². The number of rotatable bonds is 3. The van der Waals surface area contributed by atoms with Crippen molar-refractivity contribution in [3.8, 4) is 5.88 Å². The molecule has 1 aliphatic heterocycles. The number of thiophene rings is 1. The quantitative estimate of drug-likeness (QED) is 0.583. The summed E-state index contributed by atoms with van der Waals surface area (Å²) in [7, 11) is 0. The van der Waals surface area contributed by atoms with Gasteiger partial charge in [-0.05, 0) is 17.0 Å². The highest BCUT2D eigenvalue weighted by Crippen LogP contribution is 2.36. The van der Waals surface area contributed by atoms with Gasteiger partial charge in [0.1, 0.15) is 17.7 Å². The molecular formula is C18H17N4OS2+. The van der Waals surface area contributed by atoms with Crippen molar-refractivity contribution in [2.24, 2.45) is 0 Å². The largest absolute Gasteiger partial charge is 0.492 e. The summed E-state index contributed by atoms with van der Waals surface area (Å²) in [6.45, 7) is 2.01. The standard InChI is InChI=1S/C18H16N4OS2/c23-17-16(25-18-19-11-20-22(17)18)15(14-6-3-9-24-14)21-8-7-12-4-1-2-5-13(12)10-21/h1-6,9,11,15,23H,7-8,10H2/p+1/t15-/m1/s1. The molecular weight excluding hydrogens is 352 g/mol. The first-order valence-corrected chi connectivity index (χ1v) is 9.97. The number of aromatic hydroxyl groups is 1. The molecule has 1 aliphatic rings. The first kappa shape index (κ1) is 15.1. The van der Waals surface area contributed by atoms with Gasteiger partial charge in [0.15, 0.2) is 6.04 Å². The van der Waals surface area contributed by atoms with Crippen LogP contribution in [0.3, 0.4) is 0 Å². The Morgan fingerprint density at radius 3 is 2.84 bits per heavy atom. The van der Waals surface area contributed by atoms with Crippen molar-refractivity contribution in [3.05, 3.63) is 69.0 Å². The van der Waals surface area contributed by atoms with Crippen LogP contribution >= 0.6 is 22.7 Å². The van der Waals surface area contributed by atoms with Crippen molar-refractivity contribution < 1.29 is 10.0 Å². The molecule has 1 unspecified atom stereocenters. The van der Waals surface area contributed by atoms with E-state index in [1.54, 1.807) is 11.3 Å². The smallest absolute Gasteiger partial charge is 0.235 e. The number of hydrogen-bond donors (Lipinski definition) is 2. The number of hydrogen-bond acceptors (Lipinski definition) is 5. The van der Waals surface area contributed by atoms with Gasteiger partial charge in [0.05, 0.1) is 11.4 Å². The Morgan fingerprint density at radius 2 is 2.04 bits per heavy atom. The van der Waals surface area contributed by atoms with Crippen molar-refractivity contribution in [2.75, 3.05) is 6.54 Å². The summed E-state index contributed by atoms with van der Waals surface area (Å²) >= 11 is 3.28. The third-order valence-corrected chi connectivity index (χ3v) is 6.92. The van der Waals surface area contributed by atoms with Gasteiger partial charge in [-0.3, -0.25) is 0 Å². The van der Waals surface area contributed by atoms with Crippen LogP contribution < -0.4 is 4.90 Å². The minimum Gasteiger partial charge on any atom is -0.492 e. The molecule has 0 spiro atoms. The molecule has 5 rings (SSSR count). The van der Waals surface area contributed by atoms with Crippen molar-refractivity contribution >= 4 is 27.6 Å². The number of fused-ring (bicyclic) bond motifs is 2. The summed E-state index contributed by atoms with van der Waals surface area (Å²) in [4.78, 5) is 8.67. The number of nitrogens with one attached hydrogen (secondary N) is 1. The lowest BCUT2D eigenvalue weighted by Gasteiger charge is -2.31. The third kappa shape index (κ3) is 2.47. The first-order chi connectivity index (χ1) is 12.3. The van der Waals surface area contributed by atoms with Gasteiger partial charge in [-0.25, -0.2) is 4.98 Å². The zero-order valence-electron chi connectivity index (χ0n) is 13.4. The molecule has 4 heterocycles. The summed E-state index contributed by atoms with van der Waals surface area (Å²) < 4.78 is 1.54. The molecule has 0 aliphatic carbocycles. The molecule has 2 atom stereocenters. The SMILES string of the molecule is Oc1c([C@@H](c2cccs2)[NH+]2CCc3ccccc3C2)sc2ncnn12. The highest BCUT2D eigenvalue weighted by atomic mass is 32.1. The Hall–Kier alpha value is -2.22. The lowest BCUT2D eigenvalue weighted by molar-refractivity contribution is -0.940. The Morgan fingerprint density at radius 1 is 1.16 bits per heavy atom. The maximum atomic E-state index is 10.7. The molecule has 0 bridgehead atoms. The van der Waals surface area contributed by atoms with E-state index in [1.165, 1.54) is 43.1 Å². The molecule has 1 aromatic carbocycles. The molecule has 3 aromatic heterocycles. The number of benzene rings is 1. The second-order valence-electron chi connectivity index (χ2n) is 6.30. The van der Waals surface area contributed by atoms with E-state index in [1.807, 2.05) is 0 Å². The second-order valence-corrected chi connectivity index (χ2v) is 8.28. The lowest BCUT2D eigenvalue weighted by Crippen LogP contribution is -3.12. The fourth-order valence-electron chi connectivity index (χ4n) is 3.70. The predicted molar refractivity (Wildman–Crippen MR) is 98.4 cm³/mol. The molecule has 0 saturated heterocycles. The summed E-state index contributed by atoms with van der Waals surface area (Å²) in [5, 5.41) is 17.0. The van der Waals surface area contributed by atoms with E-state index < -0.39 is 0 Å². The van der Waals surface area contributed by atoms with Gasteiger partial charge in [-0.15, -0.1) is 11.3 Å². The van der Waals surface area contributed by atoms with E-state index in [2.05, 4.69) is 51.9 Å². The summed E-state index contributed by atoms with van der Waals surface area (Å²) in [6.07, 6.45) is 2.55. The van der Waals surface area contributed by atoms with E-state index in [-0.39, 0.29) is 11.9 Å². The van der Waals surface area contributed by atoms with Crippen molar-refractivity contribution in [2.45, 2.75) is 19.0 Å². The fraction of sp³-hybridized carbons (Fsp3) is 0.222. The Balaban J connectivity index is 1.60. The average molecular weight is 369 g/mol. The monoisotopic (exact) mass is 369 g/mol. The van der Waals surface area contributed by atoms with Crippen molar-refractivity contribution in [1.82, 2.24) is 14.6 Å². The normalized spacial score (nSPS) is 18.3. The highest BCUT2D eigenvalue weighted by Gasteiger charge is 2.35. The van der Waals surface area contributed by atoms with Crippen LogP contribution in [0.1, 0.15) is 26.9 Å². The first-order valence-electron chi connectivity index (χ1n) is 8.27. The van der Waals surface area contributed by atoms with E-state index in [0.717, 1.165) is 29.3 Å². The van der Waals surface area contributed by atoms with Crippen molar-refractivity contribution in [3.63, 3.8) is 0 Å². The maximum absolute atomic E-state index is 10.7. The molecule has 7 heteroatoms. The van der Waals surface area contributed by atoms with Crippen LogP contribution in [-0.4, -0.2) is 26.2 Å². The zero-order chi connectivity index (χ0) is 16.8. The highest BCUT2D eigenvalue weighted by molar-refractivity contribution is 7.17. The molecule has 0 fully saturated rings. The van der Waals surface area contributed by atoms with Crippen LogP contribution in [0.25, 0.3) is 4.96 Å². The molecule has 5 nitrogen and oxygen atoms in total. The Labute approximate surface area is 152 Å². The topological polar surface area (TPSA) is 54.9 Å². The van der Waals surface area contributed by atoms with Crippen LogP contribution in [0.2, 0.25) is 0 Å². The van der Waals surface area contributed by atoms with Crippen molar-refractivity contribution in [1.29, 1.82) is 0 Å². The molecule has 0 amide bonds. The Bertz CT molecular complexity index is 1020. The van der Waals surface area contributed by atoms with Gasteiger partial charge in [0.2, 0.25) is 10.8 Å². The van der Waals surface area contributed by atoms with Crippen LogP contribution in [0, 0.1) is 0 Å². The van der Waals surface area contributed by atoms with Crippen LogP contribution in [-0.2, 0) is 13.0 Å². The molecule has 126 valence electrons. The summed E-state index contributed by atoms with van der Waals surface area (Å²) in [5.41, 5.74) is 2.85. The minimum atomic E-state index is 0.113. The molecule has 4 aromatic rings. The van der Waals surface area contributed by atoms with Gasteiger partial charge in [-0.2, -0.15) is 9.61 Å². The number of nitrogens with zero attached hydrogens (tertiary/aromatic N) is 3. The van der Waals surface area contributed by atoms with E-state index in [4.69, 9.17) is 0 Å². The third-order valence-electron chi connectivity index (χ3n) is 4.89. The van der Waals surface area contributed by atoms with E-state index in [0.29, 0.717) is 0 Å². The maximum Gasteiger partial charge on any atom is 0.235 e. The van der Waals surface area contributed by atoms with Gasteiger partial charge >= 0.3 is 0 Å². The van der Waals surface area contributed by atoms with E-state index >= 15 is 0 Å². The number of quaternary nitrogens is 1. The van der Waals surface area contributed by atoms with Gasteiger partial charge in [0, 0.05) is 12.0 Å². The van der Waals surface area contributed by atoms with Crippen LogP contribution in [0.15, 0.2) is 48.1 Å². The average Bonchev–Trinajstić information content (AvgIpc) is 3.37. The van der Waals surface area contributed by atoms with Crippen LogP contribution in [0.4, 0.5) is 0 Å². The Kier molecular flexibility index (Phi) is 3.58.